The maximum atomic E-state index is 13.8. The van der Waals surface area contributed by atoms with Gasteiger partial charge in [0.15, 0.2) is 11.6 Å². The molecule has 2 nitrogen and oxygen atoms in total. The largest absolute Gasteiger partial charge is 0.508 e. The highest BCUT2D eigenvalue weighted by Gasteiger charge is 2.39. The van der Waals surface area contributed by atoms with Gasteiger partial charge in [0, 0.05) is 17.5 Å². The lowest BCUT2D eigenvalue weighted by molar-refractivity contribution is 0.372. The lowest BCUT2D eigenvalue weighted by Gasteiger charge is -2.28. The number of hydrogen-bond acceptors (Lipinski definition) is 2. The van der Waals surface area contributed by atoms with E-state index >= 15 is 0 Å². The summed E-state index contributed by atoms with van der Waals surface area (Å²) in [5.74, 6) is -2.06. The van der Waals surface area contributed by atoms with Gasteiger partial charge in [0.2, 0.25) is 0 Å². The molecular formula is C12H15F2NO. The van der Waals surface area contributed by atoms with E-state index in [2.05, 4.69) is 0 Å². The molecule has 0 unspecified atom stereocenters. The lowest BCUT2D eigenvalue weighted by Crippen LogP contribution is -2.33. The summed E-state index contributed by atoms with van der Waals surface area (Å²) >= 11 is 0. The van der Waals surface area contributed by atoms with Crippen LogP contribution in [-0.4, -0.2) is 11.7 Å². The van der Waals surface area contributed by atoms with Gasteiger partial charge in [0.1, 0.15) is 5.75 Å². The third-order valence-electron chi connectivity index (χ3n) is 3.55. The van der Waals surface area contributed by atoms with E-state index in [-0.39, 0.29) is 17.9 Å². The molecule has 0 heterocycles. The molecule has 1 aliphatic rings. The molecule has 0 aromatic heterocycles. The first-order valence-electron chi connectivity index (χ1n) is 5.48. The number of aromatic hydroxyl groups is 1. The van der Waals surface area contributed by atoms with Gasteiger partial charge in [-0.25, -0.2) is 8.78 Å². The van der Waals surface area contributed by atoms with Crippen LogP contribution in [0.2, 0.25) is 0 Å². The van der Waals surface area contributed by atoms with Crippen molar-refractivity contribution in [2.24, 2.45) is 5.73 Å². The van der Waals surface area contributed by atoms with Gasteiger partial charge in [0.05, 0.1) is 0 Å². The second kappa shape index (κ2) is 4.01. The predicted octanol–water partition coefficient (Wildman–Crippen LogP) is 2.44. The van der Waals surface area contributed by atoms with Crippen molar-refractivity contribution in [3.05, 3.63) is 29.3 Å². The molecule has 0 radical (unpaired) electrons. The van der Waals surface area contributed by atoms with E-state index < -0.39 is 17.0 Å². The second-order valence-electron chi connectivity index (χ2n) is 4.45. The first-order chi connectivity index (χ1) is 7.60. The fraction of sp³-hybridized carbons (Fsp3) is 0.500. The van der Waals surface area contributed by atoms with Crippen LogP contribution >= 0.6 is 0 Å². The Kier molecular flexibility index (Phi) is 2.84. The molecule has 0 saturated heterocycles. The fourth-order valence-electron chi connectivity index (χ4n) is 2.65. The van der Waals surface area contributed by atoms with Gasteiger partial charge in [-0.1, -0.05) is 12.8 Å². The van der Waals surface area contributed by atoms with Crippen molar-refractivity contribution < 1.29 is 13.9 Å². The molecule has 0 amide bonds. The van der Waals surface area contributed by atoms with Crippen molar-refractivity contribution in [2.45, 2.75) is 31.1 Å². The van der Waals surface area contributed by atoms with Crippen molar-refractivity contribution >= 4 is 0 Å². The van der Waals surface area contributed by atoms with Crippen LogP contribution in [0.5, 0.6) is 5.75 Å². The Morgan fingerprint density at radius 2 is 1.88 bits per heavy atom. The quantitative estimate of drug-likeness (QED) is 0.815. The molecule has 1 aromatic carbocycles. The molecule has 88 valence electrons. The monoisotopic (exact) mass is 227 g/mol. The van der Waals surface area contributed by atoms with Crippen molar-refractivity contribution in [1.82, 2.24) is 0 Å². The smallest absolute Gasteiger partial charge is 0.166 e. The maximum Gasteiger partial charge on any atom is 0.166 e. The molecule has 4 heteroatoms. The van der Waals surface area contributed by atoms with Crippen molar-refractivity contribution in [1.29, 1.82) is 0 Å². The first kappa shape index (κ1) is 11.3. The summed E-state index contributed by atoms with van der Waals surface area (Å²) in [5, 5.41) is 9.71. The van der Waals surface area contributed by atoms with Gasteiger partial charge in [-0.15, -0.1) is 0 Å². The summed E-state index contributed by atoms with van der Waals surface area (Å²) in [6.45, 7) is 0.237. The van der Waals surface area contributed by atoms with Crippen molar-refractivity contribution in [2.75, 3.05) is 6.54 Å². The van der Waals surface area contributed by atoms with Crippen LogP contribution < -0.4 is 5.73 Å². The predicted molar refractivity (Wildman–Crippen MR) is 57.2 cm³/mol. The number of phenols is 1. The lowest BCUT2D eigenvalue weighted by atomic mass is 9.78. The topological polar surface area (TPSA) is 46.2 Å². The van der Waals surface area contributed by atoms with Gasteiger partial charge >= 0.3 is 0 Å². The number of nitrogens with two attached hydrogens (primary N) is 1. The third kappa shape index (κ3) is 1.57. The Balaban J connectivity index is 2.57. The van der Waals surface area contributed by atoms with Crippen LogP contribution in [0.15, 0.2) is 12.1 Å². The molecule has 1 saturated carbocycles. The minimum absolute atomic E-state index is 0.0625. The number of benzene rings is 1. The van der Waals surface area contributed by atoms with Gasteiger partial charge in [0.25, 0.3) is 0 Å². The second-order valence-corrected chi connectivity index (χ2v) is 4.45. The molecule has 1 aliphatic carbocycles. The Morgan fingerprint density at radius 3 is 2.44 bits per heavy atom. The summed E-state index contributed by atoms with van der Waals surface area (Å²) in [4.78, 5) is 0. The normalized spacial score (nSPS) is 18.9. The van der Waals surface area contributed by atoms with Gasteiger partial charge in [-0.3, -0.25) is 0 Å². The summed E-state index contributed by atoms with van der Waals surface area (Å²) in [7, 11) is 0. The Morgan fingerprint density at radius 1 is 1.25 bits per heavy atom. The van der Waals surface area contributed by atoms with Gasteiger partial charge in [-0.05, 0) is 25.0 Å². The summed E-state index contributed by atoms with van der Waals surface area (Å²) in [5.41, 5.74) is 5.16. The van der Waals surface area contributed by atoms with E-state index in [4.69, 9.17) is 5.73 Å². The molecule has 16 heavy (non-hydrogen) atoms. The highest BCUT2D eigenvalue weighted by Crippen LogP contribution is 2.45. The van der Waals surface area contributed by atoms with Crippen LogP contribution in [-0.2, 0) is 5.41 Å². The van der Waals surface area contributed by atoms with E-state index in [0.29, 0.717) is 12.8 Å². The molecular weight excluding hydrogens is 212 g/mol. The minimum atomic E-state index is -0.952. The van der Waals surface area contributed by atoms with E-state index in [1.54, 1.807) is 0 Å². The Bertz CT molecular complexity index is 400. The van der Waals surface area contributed by atoms with Crippen LogP contribution in [0, 0.1) is 11.6 Å². The van der Waals surface area contributed by atoms with E-state index in [9.17, 15) is 13.9 Å². The summed E-state index contributed by atoms with van der Waals surface area (Å²) in [6.07, 6.45) is 3.29. The van der Waals surface area contributed by atoms with E-state index in [0.717, 1.165) is 18.9 Å². The van der Waals surface area contributed by atoms with E-state index in [1.807, 2.05) is 0 Å². The fourth-order valence-corrected chi connectivity index (χ4v) is 2.65. The Labute approximate surface area is 93.1 Å². The van der Waals surface area contributed by atoms with Crippen LogP contribution in [0.3, 0.4) is 0 Å². The highest BCUT2D eigenvalue weighted by molar-refractivity contribution is 5.41. The number of halogens is 2. The van der Waals surface area contributed by atoms with Crippen LogP contribution in [0.1, 0.15) is 31.2 Å². The Hall–Kier alpha value is -1.16. The summed E-state index contributed by atoms with van der Waals surface area (Å²) in [6, 6.07) is 2.14. The minimum Gasteiger partial charge on any atom is -0.508 e. The zero-order chi connectivity index (χ0) is 11.8. The number of rotatable bonds is 2. The third-order valence-corrected chi connectivity index (χ3v) is 3.55. The average molecular weight is 227 g/mol. The van der Waals surface area contributed by atoms with Crippen molar-refractivity contribution in [3.63, 3.8) is 0 Å². The maximum absolute atomic E-state index is 13.8. The molecule has 0 bridgehead atoms. The van der Waals surface area contributed by atoms with Gasteiger partial charge < -0.3 is 10.8 Å². The van der Waals surface area contributed by atoms with E-state index in [1.165, 1.54) is 6.07 Å². The standard InChI is InChI=1S/C12H15F2NO/c13-8-3-4-9(16)10(11(8)14)12(7-15)5-1-2-6-12/h3-4,16H,1-2,5-7,15H2. The van der Waals surface area contributed by atoms with Crippen LogP contribution in [0.25, 0.3) is 0 Å². The molecule has 1 fully saturated rings. The summed E-state index contributed by atoms with van der Waals surface area (Å²) < 4.78 is 26.9. The zero-order valence-corrected chi connectivity index (χ0v) is 8.97. The number of hydrogen-bond donors (Lipinski definition) is 2. The first-order valence-corrected chi connectivity index (χ1v) is 5.48. The van der Waals surface area contributed by atoms with Crippen molar-refractivity contribution in [3.8, 4) is 5.75 Å². The van der Waals surface area contributed by atoms with Crippen LogP contribution in [0.4, 0.5) is 8.78 Å². The molecule has 0 atom stereocenters. The molecule has 1 aromatic rings. The molecule has 0 aliphatic heterocycles. The number of phenolic OH excluding ortho intramolecular Hbond substituents is 1. The zero-order valence-electron chi connectivity index (χ0n) is 8.97. The highest BCUT2D eigenvalue weighted by atomic mass is 19.2. The molecule has 2 rings (SSSR count). The average Bonchev–Trinajstić information content (AvgIpc) is 2.74. The van der Waals surface area contributed by atoms with Gasteiger partial charge in [-0.2, -0.15) is 0 Å². The molecule has 0 spiro atoms. The SMILES string of the molecule is NCC1(c2c(O)ccc(F)c2F)CCCC1. The molecule has 3 N–H and O–H groups in total.